The first-order valence-electron chi connectivity index (χ1n) is 4.94. The summed E-state index contributed by atoms with van der Waals surface area (Å²) in [6.45, 7) is 0. The molecule has 1 unspecified atom stereocenters. The van der Waals surface area contributed by atoms with Crippen LogP contribution in [-0.2, 0) is 9.59 Å². The van der Waals surface area contributed by atoms with Crippen LogP contribution in [0.15, 0.2) is 6.20 Å². The Morgan fingerprint density at radius 1 is 1.53 bits per heavy atom. The minimum absolute atomic E-state index is 0.0961. The Hall–Kier alpha value is -2.25. The molecule has 1 aromatic rings. The van der Waals surface area contributed by atoms with Crippen LogP contribution in [-0.4, -0.2) is 27.8 Å². The minimum Gasteiger partial charge on any atom is -0.368 e. The van der Waals surface area contributed by atoms with Crippen LogP contribution in [0.1, 0.15) is 12.8 Å². The van der Waals surface area contributed by atoms with Crippen molar-refractivity contribution in [1.82, 2.24) is 15.3 Å². The van der Waals surface area contributed by atoms with Crippen molar-refractivity contribution in [2.24, 2.45) is 0 Å². The van der Waals surface area contributed by atoms with E-state index >= 15 is 0 Å². The molecular weight excluding hydrogens is 229 g/mol. The second-order valence-electron chi connectivity index (χ2n) is 3.57. The van der Waals surface area contributed by atoms with Gasteiger partial charge in [-0.2, -0.15) is 4.98 Å². The Bertz CT molecular complexity index is 478. The molecule has 2 heterocycles. The van der Waals surface area contributed by atoms with E-state index in [1.54, 1.807) is 0 Å². The highest BCUT2D eigenvalue weighted by Gasteiger charge is 2.27. The lowest BCUT2D eigenvalue weighted by molar-refractivity contribution is -0.133. The van der Waals surface area contributed by atoms with Gasteiger partial charge in [0.2, 0.25) is 17.8 Å². The van der Waals surface area contributed by atoms with E-state index in [4.69, 9.17) is 5.73 Å². The van der Waals surface area contributed by atoms with Gasteiger partial charge in [0.05, 0.1) is 6.20 Å². The summed E-state index contributed by atoms with van der Waals surface area (Å²) in [6.07, 6.45) is 1.40. The molecule has 1 aliphatic heterocycles. The number of nitrogens with one attached hydrogen (secondary N) is 2. The summed E-state index contributed by atoms with van der Waals surface area (Å²) in [6, 6.07) is -0.698. The Balaban J connectivity index is 2.13. The number of hydrogen-bond donors (Lipinski definition) is 3. The largest absolute Gasteiger partial charge is 0.368 e. The maximum Gasteiger partial charge on any atom is 0.249 e. The van der Waals surface area contributed by atoms with E-state index in [1.807, 2.05) is 0 Å². The summed E-state index contributed by atoms with van der Waals surface area (Å²) in [7, 11) is 0. The Kier molecular flexibility index (Phi) is 2.86. The number of aromatic nitrogens is 2. The number of halogens is 1. The second kappa shape index (κ2) is 4.32. The fourth-order valence-electron chi connectivity index (χ4n) is 1.48. The molecule has 0 spiro atoms. The highest BCUT2D eigenvalue weighted by atomic mass is 19.1. The summed E-state index contributed by atoms with van der Waals surface area (Å²) < 4.78 is 13.3. The van der Waals surface area contributed by atoms with Crippen molar-refractivity contribution in [2.75, 3.05) is 11.1 Å². The average molecular weight is 239 g/mol. The van der Waals surface area contributed by atoms with Crippen LogP contribution >= 0.6 is 0 Å². The zero-order valence-electron chi connectivity index (χ0n) is 8.74. The average Bonchev–Trinajstić information content (AvgIpc) is 2.27. The van der Waals surface area contributed by atoms with Crippen molar-refractivity contribution in [3.8, 4) is 0 Å². The van der Waals surface area contributed by atoms with Crippen molar-refractivity contribution in [1.29, 1.82) is 0 Å². The smallest absolute Gasteiger partial charge is 0.249 e. The predicted octanol–water partition coefficient (Wildman–Crippen LogP) is -0.585. The van der Waals surface area contributed by atoms with Crippen molar-refractivity contribution in [3.05, 3.63) is 12.0 Å². The van der Waals surface area contributed by atoms with Crippen LogP contribution in [0.3, 0.4) is 0 Å². The first kappa shape index (κ1) is 11.2. The van der Waals surface area contributed by atoms with Crippen LogP contribution < -0.4 is 16.4 Å². The molecule has 4 N–H and O–H groups in total. The molecule has 1 atom stereocenters. The fraction of sp³-hybridized carbons (Fsp3) is 0.333. The Labute approximate surface area is 95.6 Å². The second-order valence-corrected chi connectivity index (χ2v) is 3.57. The molecule has 1 aliphatic rings. The van der Waals surface area contributed by atoms with Crippen LogP contribution in [0.25, 0.3) is 0 Å². The normalized spacial score (nSPS) is 19.9. The van der Waals surface area contributed by atoms with Gasteiger partial charge in [0, 0.05) is 6.42 Å². The number of carbonyl (C=O) groups excluding carboxylic acids is 2. The zero-order valence-corrected chi connectivity index (χ0v) is 8.74. The third-order valence-electron chi connectivity index (χ3n) is 2.31. The predicted molar refractivity (Wildman–Crippen MR) is 56.2 cm³/mol. The molecule has 0 bridgehead atoms. The van der Waals surface area contributed by atoms with Gasteiger partial charge in [0.25, 0.3) is 0 Å². The van der Waals surface area contributed by atoms with E-state index in [2.05, 4.69) is 20.6 Å². The number of nitrogens with two attached hydrogens (primary N) is 1. The summed E-state index contributed by atoms with van der Waals surface area (Å²) in [5.41, 5.74) is 5.31. The number of nitrogen functional groups attached to an aromatic ring is 1. The zero-order chi connectivity index (χ0) is 12.4. The van der Waals surface area contributed by atoms with E-state index in [0.717, 1.165) is 6.20 Å². The molecule has 90 valence electrons. The standard InChI is InChI=1S/C9H10FN5O2/c10-4-3-12-9(11)15-7(4)13-5-1-2-6(16)14-8(5)17/h3,5H,1-2H2,(H,14,16,17)(H3,11,12,13,15). The first-order chi connectivity index (χ1) is 8.06. The van der Waals surface area contributed by atoms with Crippen LogP contribution in [0.5, 0.6) is 0 Å². The van der Waals surface area contributed by atoms with E-state index < -0.39 is 17.8 Å². The van der Waals surface area contributed by atoms with Gasteiger partial charge in [-0.25, -0.2) is 9.37 Å². The highest BCUT2D eigenvalue weighted by molar-refractivity contribution is 6.01. The van der Waals surface area contributed by atoms with Crippen molar-refractivity contribution in [3.63, 3.8) is 0 Å². The van der Waals surface area contributed by atoms with Crippen LogP contribution in [0.4, 0.5) is 16.2 Å². The number of carbonyl (C=O) groups is 2. The number of imide groups is 1. The monoisotopic (exact) mass is 239 g/mol. The number of piperidine rings is 1. The van der Waals surface area contributed by atoms with Gasteiger partial charge in [-0.1, -0.05) is 0 Å². The highest BCUT2D eigenvalue weighted by Crippen LogP contribution is 2.15. The molecule has 0 radical (unpaired) electrons. The summed E-state index contributed by atoms with van der Waals surface area (Å²) in [5, 5.41) is 4.74. The van der Waals surface area contributed by atoms with Gasteiger partial charge in [0.1, 0.15) is 6.04 Å². The van der Waals surface area contributed by atoms with E-state index in [1.165, 1.54) is 0 Å². The van der Waals surface area contributed by atoms with Crippen molar-refractivity contribution in [2.45, 2.75) is 18.9 Å². The molecule has 0 aliphatic carbocycles. The summed E-state index contributed by atoms with van der Waals surface area (Å²) in [4.78, 5) is 29.4. The van der Waals surface area contributed by atoms with Gasteiger partial charge in [0.15, 0.2) is 11.6 Å². The lowest BCUT2D eigenvalue weighted by atomic mass is 10.1. The molecule has 2 rings (SSSR count). The van der Waals surface area contributed by atoms with Crippen LogP contribution in [0, 0.1) is 5.82 Å². The number of hydrogen-bond acceptors (Lipinski definition) is 6. The van der Waals surface area contributed by atoms with Gasteiger partial charge in [-0.3, -0.25) is 14.9 Å². The molecule has 1 saturated heterocycles. The fourth-order valence-corrected chi connectivity index (χ4v) is 1.48. The SMILES string of the molecule is Nc1ncc(F)c(NC2CCC(=O)NC2=O)n1. The summed E-state index contributed by atoms with van der Waals surface area (Å²) >= 11 is 0. The Morgan fingerprint density at radius 2 is 2.29 bits per heavy atom. The molecular formula is C9H10FN5O2. The van der Waals surface area contributed by atoms with E-state index in [-0.39, 0.29) is 30.5 Å². The lowest BCUT2D eigenvalue weighted by Crippen LogP contribution is -2.47. The minimum atomic E-state index is -0.705. The Morgan fingerprint density at radius 3 is 3.00 bits per heavy atom. The number of rotatable bonds is 2. The molecule has 2 amide bonds. The maximum atomic E-state index is 13.3. The maximum absolute atomic E-state index is 13.3. The number of nitrogens with zero attached hydrogens (tertiary/aromatic N) is 2. The third-order valence-corrected chi connectivity index (χ3v) is 2.31. The molecule has 0 aromatic carbocycles. The lowest BCUT2D eigenvalue weighted by Gasteiger charge is -2.22. The molecule has 7 nitrogen and oxygen atoms in total. The van der Waals surface area contributed by atoms with Gasteiger partial charge in [-0.15, -0.1) is 0 Å². The van der Waals surface area contributed by atoms with Gasteiger partial charge < -0.3 is 11.1 Å². The molecule has 1 fully saturated rings. The number of amides is 2. The van der Waals surface area contributed by atoms with Crippen molar-refractivity contribution < 1.29 is 14.0 Å². The van der Waals surface area contributed by atoms with Gasteiger partial charge >= 0.3 is 0 Å². The van der Waals surface area contributed by atoms with E-state index in [9.17, 15) is 14.0 Å². The molecule has 8 heteroatoms. The molecule has 17 heavy (non-hydrogen) atoms. The van der Waals surface area contributed by atoms with Crippen LogP contribution in [0.2, 0.25) is 0 Å². The third kappa shape index (κ3) is 2.47. The number of anilines is 2. The first-order valence-corrected chi connectivity index (χ1v) is 4.94. The quantitative estimate of drug-likeness (QED) is 0.595. The van der Waals surface area contributed by atoms with E-state index in [0.29, 0.717) is 0 Å². The molecule has 0 saturated carbocycles. The van der Waals surface area contributed by atoms with Crippen molar-refractivity contribution >= 4 is 23.6 Å². The summed E-state index contributed by atoms with van der Waals surface area (Å²) in [5.74, 6) is -1.79. The topological polar surface area (TPSA) is 110 Å². The molecule has 1 aromatic heterocycles. The van der Waals surface area contributed by atoms with Gasteiger partial charge in [-0.05, 0) is 6.42 Å².